The zero-order valence-corrected chi connectivity index (χ0v) is 6.37. The Hall–Kier alpha value is -0.240. The van der Waals surface area contributed by atoms with Crippen molar-refractivity contribution in [2.45, 2.75) is 30.6 Å². The summed E-state index contributed by atoms with van der Waals surface area (Å²) in [4.78, 5) is 0. The Balaban J connectivity index is 2.63. The normalized spacial score (nSPS) is 49.2. The van der Waals surface area contributed by atoms with E-state index in [0.717, 1.165) is 0 Å². The number of hydrogen-bond donors (Lipinski definition) is 5. The fraction of sp³-hybridized carbons (Fsp3) is 1.00. The number of ether oxygens (including phenoxy) is 1. The van der Waals surface area contributed by atoms with Crippen LogP contribution in [0.5, 0.6) is 0 Å². The summed E-state index contributed by atoms with van der Waals surface area (Å²) in [7, 11) is 0. The van der Waals surface area contributed by atoms with Gasteiger partial charge in [0.2, 0.25) is 0 Å². The highest BCUT2D eigenvalue weighted by molar-refractivity contribution is 4.90. The van der Waals surface area contributed by atoms with Crippen molar-refractivity contribution < 1.29 is 25.2 Å². The van der Waals surface area contributed by atoms with Gasteiger partial charge in [0.25, 0.3) is 0 Å². The minimum absolute atomic E-state index is 0.470. The molecule has 1 aliphatic rings. The molecule has 0 saturated carbocycles. The minimum atomic E-state index is -1.35. The van der Waals surface area contributed by atoms with Crippen LogP contribution in [-0.2, 0) is 4.74 Å². The highest BCUT2D eigenvalue weighted by Gasteiger charge is 2.41. The third-order valence-electron chi connectivity index (χ3n) is 1.95. The van der Waals surface area contributed by atoms with Crippen molar-refractivity contribution in [2.75, 3.05) is 6.61 Å². The van der Waals surface area contributed by atoms with E-state index in [4.69, 9.17) is 20.7 Å². The second kappa shape index (κ2) is 3.65. The maximum Gasteiger partial charge on any atom is 0.173 e. The van der Waals surface area contributed by atoms with Gasteiger partial charge < -0.3 is 30.9 Å². The Kier molecular flexibility index (Phi) is 2.99. The first kappa shape index (κ1) is 9.85. The van der Waals surface area contributed by atoms with Crippen molar-refractivity contribution in [3.63, 3.8) is 0 Å². The number of aliphatic hydroxyl groups is 4. The fourth-order valence-corrected chi connectivity index (χ4v) is 1.12. The van der Waals surface area contributed by atoms with Crippen LogP contribution in [0.25, 0.3) is 0 Å². The highest BCUT2D eigenvalue weighted by Crippen LogP contribution is 2.17. The predicted octanol–water partition coefficient (Wildman–Crippen LogP) is -3.25. The lowest BCUT2D eigenvalue weighted by Crippen LogP contribution is -2.61. The third kappa shape index (κ3) is 1.58. The second-order valence-electron chi connectivity index (χ2n) is 2.81. The summed E-state index contributed by atoms with van der Waals surface area (Å²) in [5.41, 5.74) is 5.26. The number of rotatable bonds is 1. The molecule has 72 valence electrons. The van der Waals surface area contributed by atoms with Crippen LogP contribution in [0.1, 0.15) is 0 Å². The zero-order chi connectivity index (χ0) is 9.30. The largest absolute Gasteiger partial charge is 0.394 e. The smallest absolute Gasteiger partial charge is 0.173 e. The van der Waals surface area contributed by atoms with Crippen molar-refractivity contribution in [3.05, 3.63) is 0 Å². The Morgan fingerprint density at radius 3 is 2.25 bits per heavy atom. The summed E-state index contributed by atoms with van der Waals surface area (Å²) in [5, 5.41) is 36.1. The number of hydrogen-bond acceptors (Lipinski definition) is 6. The highest BCUT2D eigenvalue weighted by atomic mass is 16.6. The first-order valence-electron chi connectivity index (χ1n) is 3.64. The Bertz CT molecular complexity index is 150. The summed E-state index contributed by atoms with van der Waals surface area (Å²) in [6, 6.07) is -1.04. The van der Waals surface area contributed by atoms with E-state index in [0.29, 0.717) is 0 Å². The van der Waals surface area contributed by atoms with Gasteiger partial charge in [0.15, 0.2) is 6.29 Å². The molecule has 0 amide bonds. The van der Waals surface area contributed by atoms with Gasteiger partial charge in [0.1, 0.15) is 18.3 Å². The molecule has 0 aromatic heterocycles. The summed E-state index contributed by atoms with van der Waals surface area (Å²) in [5.74, 6) is 0. The fourth-order valence-electron chi connectivity index (χ4n) is 1.12. The van der Waals surface area contributed by atoms with Crippen LogP contribution in [0.3, 0.4) is 0 Å². The monoisotopic (exact) mass is 179 g/mol. The maximum atomic E-state index is 9.20. The molecule has 0 spiro atoms. The molecule has 6 N–H and O–H groups in total. The molecule has 0 aromatic carbocycles. The van der Waals surface area contributed by atoms with E-state index in [1.54, 1.807) is 0 Å². The first-order valence-corrected chi connectivity index (χ1v) is 3.64. The summed E-state index contributed by atoms with van der Waals surface area (Å²) >= 11 is 0. The SMILES string of the molecule is NC1C(O)O[C@H](CO)[C@@H](O)C1O. The van der Waals surface area contributed by atoms with E-state index in [1.165, 1.54) is 0 Å². The van der Waals surface area contributed by atoms with Crippen LogP contribution in [-0.4, -0.2) is 57.7 Å². The van der Waals surface area contributed by atoms with Crippen molar-refractivity contribution >= 4 is 0 Å². The van der Waals surface area contributed by atoms with Gasteiger partial charge in [-0.1, -0.05) is 0 Å². The van der Waals surface area contributed by atoms with Crippen LogP contribution in [0.4, 0.5) is 0 Å². The summed E-state index contributed by atoms with van der Waals surface area (Å²) in [6.07, 6.45) is -4.85. The van der Waals surface area contributed by atoms with Gasteiger partial charge in [0.05, 0.1) is 12.6 Å². The Morgan fingerprint density at radius 1 is 1.17 bits per heavy atom. The molecule has 0 bridgehead atoms. The van der Waals surface area contributed by atoms with Gasteiger partial charge in [-0.25, -0.2) is 0 Å². The van der Waals surface area contributed by atoms with E-state index >= 15 is 0 Å². The lowest BCUT2D eigenvalue weighted by atomic mass is 9.98. The molecule has 6 heteroatoms. The molecule has 1 saturated heterocycles. The standard InChI is InChI=1S/C6H13NO5/c7-3-5(10)4(9)2(1-8)12-6(3)11/h2-6,8-11H,1,7H2/t2-,3?,4-,5?,6?/m1/s1. The third-order valence-corrected chi connectivity index (χ3v) is 1.95. The molecule has 1 aliphatic heterocycles. The van der Waals surface area contributed by atoms with Crippen LogP contribution >= 0.6 is 0 Å². The van der Waals surface area contributed by atoms with E-state index < -0.39 is 37.3 Å². The average molecular weight is 179 g/mol. The van der Waals surface area contributed by atoms with E-state index in [2.05, 4.69) is 0 Å². The molecule has 0 radical (unpaired) electrons. The zero-order valence-electron chi connectivity index (χ0n) is 6.37. The van der Waals surface area contributed by atoms with Gasteiger partial charge in [-0.15, -0.1) is 0 Å². The molecule has 1 rings (SSSR count). The molecular weight excluding hydrogens is 166 g/mol. The predicted molar refractivity (Wildman–Crippen MR) is 38.0 cm³/mol. The first-order chi connectivity index (χ1) is 5.57. The van der Waals surface area contributed by atoms with Crippen molar-refractivity contribution in [3.8, 4) is 0 Å². The minimum Gasteiger partial charge on any atom is -0.394 e. The van der Waals surface area contributed by atoms with Gasteiger partial charge in [-0.05, 0) is 0 Å². The van der Waals surface area contributed by atoms with Crippen LogP contribution in [0, 0.1) is 0 Å². The summed E-state index contributed by atoms with van der Waals surface area (Å²) in [6.45, 7) is -0.470. The molecule has 6 nitrogen and oxygen atoms in total. The Labute approximate surface area is 69.2 Å². The molecule has 1 fully saturated rings. The second-order valence-corrected chi connectivity index (χ2v) is 2.81. The summed E-state index contributed by atoms with van der Waals surface area (Å²) < 4.78 is 4.70. The Morgan fingerprint density at radius 2 is 1.75 bits per heavy atom. The van der Waals surface area contributed by atoms with Crippen molar-refractivity contribution in [2.24, 2.45) is 5.73 Å². The van der Waals surface area contributed by atoms with Crippen LogP contribution in [0.2, 0.25) is 0 Å². The van der Waals surface area contributed by atoms with Gasteiger partial charge in [-0.3, -0.25) is 0 Å². The maximum absolute atomic E-state index is 9.20. The number of nitrogens with two attached hydrogens (primary N) is 1. The lowest BCUT2D eigenvalue weighted by Gasteiger charge is -2.38. The average Bonchev–Trinajstić information content (AvgIpc) is 2.08. The topological polar surface area (TPSA) is 116 Å². The molecule has 0 aliphatic carbocycles. The quantitative estimate of drug-likeness (QED) is 0.288. The van der Waals surface area contributed by atoms with E-state index in [1.807, 2.05) is 0 Å². The van der Waals surface area contributed by atoms with Gasteiger partial charge in [-0.2, -0.15) is 0 Å². The van der Waals surface area contributed by atoms with Gasteiger partial charge >= 0.3 is 0 Å². The van der Waals surface area contributed by atoms with Gasteiger partial charge in [0, 0.05) is 0 Å². The molecule has 12 heavy (non-hydrogen) atoms. The van der Waals surface area contributed by atoms with Crippen LogP contribution in [0.15, 0.2) is 0 Å². The molecule has 1 heterocycles. The van der Waals surface area contributed by atoms with E-state index in [9.17, 15) is 10.2 Å². The van der Waals surface area contributed by atoms with Crippen molar-refractivity contribution in [1.82, 2.24) is 0 Å². The van der Waals surface area contributed by atoms with Crippen LogP contribution < -0.4 is 5.73 Å². The number of aliphatic hydroxyl groups excluding tert-OH is 4. The molecule has 5 atom stereocenters. The van der Waals surface area contributed by atoms with E-state index in [-0.39, 0.29) is 0 Å². The molecule has 3 unspecified atom stereocenters. The molecular formula is C6H13NO5. The lowest BCUT2D eigenvalue weighted by molar-refractivity contribution is -0.248. The van der Waals surface area contributed by atoms with Crippen molar-refractivity contribution in [1.29, 1.82) is 0 Å². The molecule has 0 aromatic rings.